The monoisotopic (exact) mass is 474 g/mol. The second kappa shape index (κ2) is 11.4. The van der Waals surface area contributed by atoms with Gasteiger partial charge in [-0.15, -0.1) is 5.10 Å². The number of benzene rings is 2. The van der Waals surface area contributed by atoms with Crippen molar-refractivity contribution in [1.29, 1.82) is 0 Å². The van der Waals surface area contributed by atoms with Crippen molar-refractivity contribution in [2.75, 3.05) is 18.0 Å². The van der Waals surface area contributed by atoms with Gasteiger partial charge in [0.15, 0.2) is 0 Å². The number of hydrogen-bond donors (Lipinski definition) is 1. The third-order valence-electron chi connectivity index (χ3n) is 5.89. The van der Waals surface area contributed by atoms with Crippen molar-refractivity contribution < 1.29 is 17.6 Å². The van der Waals surface area contributed by atoms with Crippen LogP contribution in [0.4, 0.5) is 23.2 Å². The first kappa shape index (κ1) is 25.6. The van der Waals surface area contributed by atoms with Crippen LogP contribution in [0.15, 0.2) is 71.0 Å². The molecule has 1 saturated heterocycles. The van der Waals surface area contributed by atoms with E-state index in [9.17, 15) is 13.2 Å². The lowest BCUT2D eigenvalue weighted by atomic mass is 9.93. The van der Waals surface area contributed by atoms with E-state index in [1.165, 1.54) is 6.07 Å². The molecule has 0 spiro atoms. The molecule has 0 saturated carbocycles. The zero-order valence-corrected chi connectivity index (χ0v) is 19.5. The summed E-state index contributed by atoms with van der Waals surface area (Å²) in [4.78, 5) is 2.02. The van der Waals surface area contributed by atoms with Crippen molar-refractivity contribution in [2.45, 2.75) is 45.8 Å². The van der Waals surface area contributed by atoms with E-state index in [1.807, 2.05) is 49.1 Å². The molecular formula is C26H30F4N4. The minimum Gasteiger partial charge on any atom is -0.341 e. The van der Waals surface area contributed by atoms with Gasteiger partial charge in [-0.25, -0.2) is 4.39 Å². The molecule has 0 aliphatic carbocycles. The van der Waals surface area contributed by atoms with Gasteiger partial charge in [-0.05, 0) is 44.1 Å². The fraction of sp³-hybridized carbons (Fsp3) is 0.385. The van der Waals surface area contributed by atoms with Gasteiger partial charge in [0.1, 0.15) is 11.5 Å². The van der Waals surface area contributed by atoms with E-state index < -0.39 is 24.1 Å². The molecule has 0 unspecified atom stereocenters. The Balaban J connectivity index is 0.00000158. The van der Waals surface area contributed by atoms with E-state index in [4.69, 9.17) is 0 Å². The molecule has 0 atom stereocenters. The van der Waals surface area contributed by atoms with Crippen LogP contribution in [0.5, 0.6) is 0 Å². The average molecular weight is 475 g/mol. The third-order valence-corrected chi connectivity index (χ3v) is 5.89. The van der Waals surface area contributed by atoms with E-state index in [-0.39, 0.29) is 12.3 Å². The summed E-state index contributed by atoms with van der Waals surface area (Å²) in [5.74, 6) is -0.200. The molecule has 0 bridgehead atoms. The second-order valence-electron chi connectivity index (χ2n) is 8.01. The Hall–Kier alpha value is -3.00. The normalized spacial score (nSPS) is 16.3. The van der Waals surface area contributed by atoms with Gasteiger partial charge in [-0.2, -0.15) is 18.3 Å². The number of allylic oxidation sites excluding steroid dienone is 1. The lowest BCUT2D eigenvalue weighted by molar-refractivity contribution is -0.0596. The molecule has 2 aliphatic heterocycles. The van der Waals surface area contributed by atoms with Crippen molar-refractivity contribution >= 4 is 17.1 Å². The van der Waals surface area contributed by atoms with Crippen molar-refractivity contribution in [2.24, 2.45) is 16.1 Å². The van der Waals surface area contributed by atoms with E-state index in [2.05, 4.69) is 22.1 Å². The first-order valence-electron chi connectivity index (χ1n) is 11.5. The molecule has 1 fully saturated rings. The Bertz CT molecular complexity index is 1040. The molecule has 0 radical (unpaired) electrons. The molecule has 182 valence electrons. The number of para-hydroxylation sites is 1. The van der Waals surface area contributed by atoms with Crippen LogP contribution < -0.4 is 10.2 Å². The van der Waals surface area contributed by atoms with Gasteiger partial charge in [0.2, 0.25) is 0 Å². The van der Waals surface area contributed by atoms with Crippen LogP contribution in [0.3, 0.4) is 0 Å². The van der Waals surface area contributed by atoms with Crippen LogP contribution in [-0.4, -0.2) is 30.7 Å². The molecule has 2 aromatic carbocycles. The van der Waals surface area contributed by atoms with Crippen LogP contribution in [0.25, 0.3) is 0 Å². The van der Waals surface area contributed by atoms with E-state index in [0.29, 0.717) is 17.0 Å². The Morgan fingerprint density at radius 2 is 1.74 bits per heavy atom. The Morgan fingerprint density at radius 1 is 1.06 bits per heavy atom. The predicted octanol–water partition coefficient (Wildman–Crippen LogP) is 6.48. The summed E-state index contributed by atoms with van der Waals surface area (Å²) in [6.07, 6.45) is -3.06. The number of piperidine rings is 1. The average Bonchev–Trinajstić information content (AvgIpc) is 3.36. The number of nitrogens with zero attached hydrogens (tertiary/aromatic N) is 3. The van der Waals surface area contributed by atoms with Crippen molar-refractivity contribution in [1.82, 2.24) is 5.32 Å². The summed E-state index contributed by atoms with van der Waals surface area (Å²) in [5, 5.41) is 10.2. The van der Waals surface area contributed by atoms with Crippen LogP contribution in [0.2, 0.25) is 0 Å². The number of halogens is 4. The highest BCUT2D eigenvalue weighted by atomic mass is 19.4. The summed E-state index contributed by atoms with van der Waals surface area (Å²) < 4.78 is 53.5. The van der Waals surface area contributed by atoms with Gasteiger partial charge in [-0.1, -0.05) is 50.8 Å². The summed E-state index contributed by atoms with van der Waals surface area (Å²) in [6.45, 7) is 10.4. The third kappa shape index (κ3) is 6.11. The number of anilines is 1. The van der Waals surface area contributed by atoms with Gasteiger partial charge in [0.25, 0.3) is 0 Å². The highest BCUT2D eigenvalue weighted by Crippen LogP contribution is 2.31. The highest BCUT2D eigenvalue weighted by Gasteiger charge is 2.39. The van der Waals surface area contributed by atoms with Crippen molar-refractivity contribution in [3.8, 4) is 0 Å². The first-order chi connectivity index (χ1) is 16.3. The number of alkyl halides is 3. The van der Waals surface area contributed by atoms with Gasteiger partial charge in [-0.3, -0.25) is 0 Å². The second-order valence-corrected chi connectivity index (χ2v) is 8.01. The van der Waals surface area contributed by atoms with Crippen molar-refractivity contribution in [3.63, 3.8) is 0 Å². The molecule has 8 heteroatoms. The fourth-order valence-corrected chi connectivity index (χ4v) is 4.03. The molecular weight excluding hydrogens is 444 g/mol. The molecule has 34 heavy (non-hydrogen) atoms. The summed E-state index contributed by atoms with van der Waals surface area (Å²) >= 11 is 0. The zero-order chi connectivity index (χ0) is 24.7. The largest absolute Gasteiger partial charge is 0.431 e. The standard InChI is InChI=1S/C24H24F4N4.C2H6/c1-16(17-9-11-29-12-10-17)32(20-5-3-2-4-6-20)15-19-8-7-18(13-21(19)25)22-14-23(31-30-22)24(26,27)28;1-2/h2-8,13,17,29H,1,9-12,14-15H2;1-2H3. The highest BCUT2D eigenvalue weighted by molar-refractivity contribution is 6.16. The summed E-state index contributed by atoms with van der Waals surface area (Å²) in [7, 11) is 0. The van der Waals surface area contributed by atoms with E-state index in [0.717, 1.165) is 37.3 Å². The maximum absolute atomic E-state index is 15.0. The maximum atomic E-state index is 15.0. The van der Waals surface area contributed by atoms with Crippen molar-refractivity contribution in [3.05, 3.63) is 77.8 Å². The van der Waals surface area contributed by atoms with Gasteiger partial charge < -0.3 is 10.2 Å². The molecule has 0 amide bonds. The fourth-order valence-electron chi connectivity index (χ4n) is 4.03. The molecule has 1 N–H and O–H groups in total. The SMILES string of the molecule is C=C(C1CCNCC1)N(Cc1ccc(C2=NN=C(C(F)(F)F)C2)cc1F)c1ccccc1.CC. The van der Waals surface area contributed by atoms with Crippen LogP contribution >= 0.6 is 0 Å². The summed E-state index contributed by atoms with van der Waals surface area (Å²) in [6, 6.07) is 14.1. The minimum absolute atomic E-state index is 0.113. The first-order valence-corrected chi connectivity index (χ1v) is 11.5. The predicted molar refractivity (Wildman–Crippen MR) is 130 cm³/mol. The molecule has 0 aromatic heterocycles. The Morgan fingerprint density at radius 3 is 2.32 bits per heavy atom. The number of nitrogens with one attached hydrogen (secondary N) is 1. The molecule has 4 rings (SSSR count). The molecule has 2 heterocycles. The van der Waals surface area contributed by atoms with Crippen LogP contribution in [0, 0.1) is 11.7 Å². The molecule has 4 nitrogen and oxygen atoms in total. The quantitative estimate of drug-likeness (QED) is 0.487. The van der Waals surface area contributed by atoms with Gasteiger partial charge in [0, 0.05) is 34.9 Å². The molecule has 2 aliphatic rings. The molecule has 2 aromatic rings. The topological polar surface area (TPSA) is 40.0 Å². The Kier molecular flexibility index (Phi) is 8.61. The smallest absolute Gasteiger partial charge is 0.341 e. The zero-order valence-electron chi connectivity index (χ0n) is 19.5. The van der Waals surface area contributed by atoms with Crippen LogP contribution in [-0.2, 0) is 6.54 Å². The maximum Gasteiger partial charge on any atom is 0.431 e. The number of rotatable bonds is 6. The summed E-state index contributed by atoms with van der Waals surface area (Å²) in [5.41, 5.74) is 1.74. The number of hydrogen-bond acceptors (Lipinski definition) is 4. The van der Waals surface area contributed by atoms with E-state index >= 15 is 4.39 Å². The lowest BCUT2D eigenvalue weighted by Crippen LogP contribution is -2.34. The Labute approximate surface area is 198 Å². The van der Waals surface area contributed by atoms with Gasteiger partial charge >= 0.3 is 6.18 Å². The van der Waals surface area contributed by atoms with Gasteiger partial charge in [0.05, 0.1) is 12.3 Å². The minimum atomic E-state index is -4.53. The van der Waals surface area contributed by atoms with Crippen LogP contribution in [0.1, 0.15) is 44.2 Å². The van der Waals surface area contributed by atoms with E-state index in [1.54, 1.807) is 12.1 Å². The lowest BCUT2D eigenvalue weighted by Gasteiger charge is -2.34.